The third kappa shape index (κ3) is 5.69. The maximum atomic E-state index is 11.6. The molecule has 0 saturated carbocycles. The van der Waals surface area contributed by atoms with Crippen molar-refractivity contribution in [2.75, 3.05) is 18.4 Å². The molecule has 108 valence electrons. The lowest BCUT2D eigenvalue weighted by Crippen LogP contribution is -2.37. The summed E-state index contributed by atoms with van der Waals surface area (Å²) in [6.45, 7) is 7.96. The highest BCUT2D eigenvalue weighted by Gasteiger charge is 2.15. The van der Waals surface area contributed by atoms with Crippen LogP contribution in [0.25, 0.3) is 0 Å². The van der Waals surface area contributed by atoms with Gasteiger partial charge in [-0.25, -0.2) is 0 Å². The minimum absolute atomic E-state index is 0.0780. The molecule has 1 aromatic rings. The molecule has 1 unspecified atom stereocenters. The first-order valence-corrected chi connectivity index (χ1v) is 6.74. The zero-order valence-corrected chi connectivity index (χ0v) is 11.8. The molecule has 0 aliphatic carbocycles. The summed E-state index contributed by atoms with van der Waals surface area (Å²) < 4.78 is 5.38. The minimum Gasteiger partial charge on any atom is -0.407 e. The number of aromatic nitrogens is 2. The van der Waals surface area contributed by atoms with Gasteiger partial charge in [-0.1, -0.05) is 18.9 Å². The van der Waals surface area contributed by atoms with E-state index in [9.17, 15) is 4.79 Å². The van der Waals surface area contributed by atoms with Gasteiger partial charge in [0.05, 0.1) is 6.54 Å². The molecule has 3 N–H and O–H groups in total. The van der Waals surface area contributed by atoms with Crippen LogP contribution in [0.15, 0.2) is 4.42 Å². The van der Waals surface area contributed by atoms with Crippen LogP contribution in [0.3, 0.4) is 0 Å². The van der Waals surface area contributed by atoms with Gasteiger partial charge in [-0.05, 0) is 26.3 Å². The molecule has 1 heterocycles. The van der Waals surface area contributed by atoms with Crippen LogP contribution in [-0.2, 0) is 11.3 Å². The second-order valence-electron chi connectivity index (χ2n) is 4.33. The van der Waals surface area contributed by atoms with E-state index in [2.05, 4.69) is 33.1 Å². The molecule has 0 radical (unpaired) electrons. The summed E-state index contributed by atoms with van der Waals surface area (Å²) in [5.41, 5.74) is 0. The number of hydrogen-bond donors (Lipinski definition) is 3. The monoisotopic (exact) mass is 269 g/mol. The van der Waals surface area contributed by atoms with Crippen LogP contribution >= 0.6 is 0 Å². The van der Waals surface area contributed by atoms with Crippen LogP contribution in [0.1, 0.15) is 39.5 Å². The van der Waals surface area contributed by atoms with Gasteiger partial charge in [-0.3, -0.25) is 4.79 Å². The molecule has 0 aliphatic rings. The van der Waals surface area contributed by atoms with E-state index in [0.717, 1.165) is 19.4 Å². The second-order valence-corrected chi connectivity index (χ2v) is 4.33. The van der Waals surface area contributed by atoms with Crippen molar-refractivity contribution in [2.24, 2.45) is 0 Å². The van der Waals surface area contributed by atoms with Crippen LogP contribution in [0, 0.1) is 0 Å². The quantitative estimate of drug-likeness (QED) is 0.577. The molecule has 1 rings (SSSR count). The Morgan fingerprint density at radius 2 is 2.00 bits per heavy atom. The molecule has 0 bridgehead atoms. The standard InChI is InChI=1S/C12H23N5O2/c1-4-6-13-8-10-16-17-12(19-10)15-9(3)11(18)14-7-5-2/h9,13H,4-8H2,1-3H3,(H,14,18)(H,15,17). The molecule has 1 amide bonds. The summed E-state index contributed by atoms with van der Waals surface area (Å²) in [5, 5.41) is 16.6. The maximum absolute atomic E-state index is 11.6. The van der Waals surface area contributed by atoms with Gasteiger partial charge < -0.3 is 20.4 Å². The van der Waals surface area contributed by atoms with Gasteiger partial charge in [-0.2, -0.15) is 0 Å². The SMILES string of the molecule is CCCNCc1nnc(NC(C)C(=O)NCCC)o1. The third-order valence-corrected chi connectivity index (χ3v) is 2.45. The number of rotatable bonds is 9. The van der Waals surface area contributed by atoms with Crippen molar-refractivity contribution in [1.82, 2.24) is 20.8 Å². The van der Waals surface area contributed by atoms with E-state index in [1.807, 2.05) is 6.92 Å². The van der Waals surface area contributed by atoms with Gasteiger partial charge in [0.2, 0.25) is 11.8 Å². The first kappa shape index (κ1) is 15.4. The van der Waals surface area contributed by atoms with Gasteiger partial charge in [0.1, 0.15) is 6.04 Å². The molecule has 0 aliphatic heterocycles. The highest BCUT2D eigenvalue weighted by molar-refractivity contribution is 5.83. The summed E-state index contributed by atoms with van der Waals surface area (Å²) in [5.74, 6) is 0.433. The zero-order chi connectivity index (χ0) is 14.1. The molecular formula is C12H23N5O2. The average Bonchev–Trinajstić information content (AvgIpc) is 2.83. The molecular weight excluding hydrogens is 246 g/mol. The summed E-state index contributed by atoms with van der Waals surface area (Å²) in [7, 11) is 0. The summed E-state index contributed by atoms with van der Waals surface area (Å²) in [6, 6.07) is -0.129. The van der Waals surface area contributed by atoms with Gasteiger partial charge in [0.25, 0.3) is 0 Å². The van der Waals surface area contributed by atoms with Crippen LogP contribution in [0.5, 0.6) is 0 Å². The molecule has 1 atom stereocenters. The Balaban J connectivity index is 2.37. The van der Waals surface area contributed by atoms with Crippen molar-refractivity contribution in [3.63, 3.8) is 0 Å². The normalized spacial score (nSPS) is 12.2. The van der Waals surface area contributed by atoms with E-state index >= 15 is 0 Å². The van der Waals surface area contributed by atoms with Gasteiger partial charge in [0.15, 0.2) is 0 Å². The Bertz CT molecular complexity index is 380. The predicted octanol–water partition coefficient (Wildman–Crippen LogP) is 0.896. The van der Waals surface area contributed by atoms with Crippen molar-refractivity contribution < 1.29 is 9.21 Å². The fraction of sp³-hybridized carbons (Fsp3) is 0.750. The largest absolute Gasteiger partial charge is 0.407 e. The fourth-order valence-corrected chi connectivity index (χ4v) is 1.41. The molecule has 7 heteroatoms. The number of amides is 1. The molecule has 1 aromatic heterocycles. The molecule has 19 heavy (non-hydrogen) atoms. The van der Waals surface area contributed by atoms with Crippen molar-refractivity contribution in [1.29, 1.82) is 0 Å². The minimum atomic E-state index is -0.400. The maximum Gasteiger partial charge on any atom is 0.316 e. The van der Waals surface area contributed by atoms with E-state index in [-0.39, 0.29) is 11.9 Å². The molecule has 0 saturated heterocycles. The molecule has 0 fully saturated rings. The average molecular weight is 269 g/mol. The van der Waals surface area contributed by atoms with Gasteiger partial charge >= 0.3 is 6.01 Å². The Morgan fingerprint density at radius 3 is 2.68 bits per heavy atom. The number of carbonyl (C=O) groups excluding carboxylic acids is 1. The van der Waals surface area contributed by atoms with E-state index in [0.29, 0.717) is 19.0 Å². The van der Waals surface area contributed by atoms with Crippen LogP contribution < -0.4 is 16.0 Å². The molecule has 0 aromatic carbocycles. The van der Waals surface area contributed by atoms with E-state index < -0.39 is 6.04 Å². The smallest absolute Gasteiger partial charge is 0.316 e. The number of hydrogen-bond acceptors (Lipinski definition) is 6. The van der Waals surface area contributed by atoms with Gasteiger partial charge in [-0.15, -0.1) is 5.10 Å². The third-order valence-electron chi connectivity index (χ3n) is 2.45. The van der Waals surface area contributed by atoms with Crippen LogP contribution in [0.2, 0.25) is 0 Å². The molecule has 0 spiro atoms. The Kier molecular flexibility index (Phi) is 6.88. The van der Waals surface area contributed by atoms with Crippen molar-refractivity contribution >= 4 is 11.9 Å². The Hall–Kier alpha value is -1.63. The van der Waals surface area contributed by atoms with E-state index in [4.69, 9.17) is 4.42 Å². The number of anilines is 1. The number of carbonyl (C=O) groups is 1. The topological polar surface area (TPSA) is 92.1 Å². The number of nitrogens with zero attached hydrogens (tertiary/aromatic N) is 2. The predicted molar refractivity (Wildman–Crippen MR) is 72.7 cm³/mol. The van der Waals surface area contributed by atoms with Crippen LogP contribution in [0.4, 0.5) is 6.01 Å². The van der Waals surface area contributed by atoms with Crippen molar-refractivity contribution in [2.45, 2.75) is 46.2 Å². The van der Waals surface area contributed by atoms with Gasteiger partial charge in [0, 0.05) is 6.54 Å². The highest BCUT2D eigenvalue weighted by Crippen LogP contribution is 2.06. The summed E-state index contributed by atoms with van der Waals surface area (Å²) >= 11 is 0. The first-order chi connectivity index (χ1) is 9.17. The lowest BCUT2D eigenvalue weighted by atomic mass is 10.3. The van der Waals surface area contributed by atoms with Crippen molar-refractivity contribution in [3.8, 4) is 0 Å². The summed E-state index contributed by atoms with van der Waals surface area (Å²) in [6.07, 6.45) is 1.96. The fourth-order valence-electron chi connectivity index (χ4n) is 1.41. The van der Waals surface area contributed by atoms with Crippen LogP contribution in [-0.4, -0.2) is 35.2 Å². The summed E-state index contributed by atoms with van der Waals surface area (Å²) in [4.78, 5) is 11.6. The zero-order valence-electron chi connectivity index (χ0n) is 11.8. The molecule has 7 nitrogen and oxygen atoms in total. The van der Waals surface area contributed by atoms with Crippen molar-refractivity contribution in [3.05, 3.63) is 5.89 Å². The first-order valence-electron chi connectivity index (χ1n) is 6.74. The van der Waals surface area contributed by atoms with E-state index in [1.54, 1.807) is 6.92 Å². The lowest BCUT2D eigenvalue weighted by molar-refractivity contribution is -0.121. The lowest BCUT2D eigenvalue weighted by Gasteiger charge is -2.11. The Labute approximate surface area is 113 Å². The second kappa shape index (κ2) is 8.47. The number of nitrogens with one attached hydrogen (secondary N) is 3. The Morgan fingerprint density at radius 1 is 1.26 bits per heavy atom. The van der Waals surface area contributed by atoms with E-state index in [1.165, 1.54) is 0 Å². The highest BCUT2D eigenvalue weighted by atomic mass is 16.4.